The summed E-state index contributed by atoms with van der Waals surface area (Å²) < 4.78 is 1.66. The molecule has 0 amide bonds. The van der Waals surface area contributed by atoms with Crippen LogP contribution in [0, 0.1) is 0 Å². The van der Waals surface area contributed by atoms with Crippen LogP contribution in [0.3, 0.4) is 0 Å². The molecule has 1 heterocycles. The van der Waals surface area contributed by atoms with Gasteiger partial charge in [-0.2, -0.15) is 0 Å². The number of nitrogens with zero attached hydrogens (tertiary/aromatic N) is 3. The summed E-state index contributed by atoms with van der Waals surface area (Å²) in [7, 11) is 0. The van der Waals surface area contributed by atoms with Crippen LogP contribution in [0.2, 0.25) is 5.02 Å². The molecule has 0 aliphatic carbocycles. The Bertz CT molecular complexity index is 797. The van der Waals surface area contributed by atoms with Gasteiger partial charge in [0, 0.05) is 5.02 Å². The maximum atomic E-state index is 9.45. The van der Waals surface area contributed by atoms with Crippen molar-refractivity contribution < 1.29 is 5.11 Å². The van der Waals surface area contributed by atoms with Gasteiger partial charge >= 0.3 is 0 Å². The lowest BCUT2D eigenvalue weighted by molar-refractivity contribution is 0.276. The van der Waals surface area contributed by atoms with Gasteiger partial charge in [-0.1, -0.05) is 59.3 Å². The van der Waals surface area contributed by atoms with Crippen molar-refractivity contribution in [2.45, 2.75) is 6.61 Å². The number of hydrogen-bond donors (Lipinski definition) is 1. The van der Waals surface area contributed by atoms with Crippen LogP contribution < -0.4 is 0 Å². The van der Waals surface area contributed by atoms with E-state index in [0.717, 1.165) is 16.9 Å². The largest absolute Gasteiger partial charge is 0.390 e. The highest BCUT2D eigenvalue weighted by Gasteiger charge is 2.11. The highest BCUT2D eigenvalue weighted by atomic mass is 35.5. The number of rotatable bonds is 4. The highest BCUT2D eigenvalue weighted by molar-refractivity contribution is 6.30. The molecule has 0 fully saturated rings. The fraction of sp³-hybridized carbons (Fsp3) is 0.0588. The third-order valence-electron chi connectivity index (χ3n) is 3.21. The minimum Gasteiger partial charge on any atom is -0.390 e. The third-order valence-corrected chi connectivity index (χ3v) is 3.45. The van der Waals surface area contributed by atoms with E-state index in [9.17, 15) is 5.11 Å². The van der Waals surface area contributed by atoms with Gasteiger partial charge in [0.15, 0.2) is 0 Å². The molecule has 0 radical (unpaired) electrons. The summed E-state index contributed by atoms with van der Waals surface area (Å²) in [5.74, 6) is 0. The number of halogens is 1. The zero-order valence-corrected chi connectivity index (χ0v) is 12.5. The summed E-state index contributed by atoms with van der Waals surface area (Å²) in [5.41, 5.74) is 3.11. The average molecular weight is 312 g/mol. The van der Waals surface area contributed by atoms with E-state index in [4.69, 9.17) is 11.6 Å². The first-order chi connectivity index (χ1) is 10.8. The molecule has 22 heavy (non-hydrogen) atoms. The lowest BCUT2D eigenvalue weighted by Crippen LogP contribution is -1.99. The SMILES string of the molecule is OCc1nnn(-c2cccc(Cl)c2)c1/C=C/c1ccccc1. The van der Waals surface area contributed by atoms with Gasteiger partial charge in [0.05, 0.1) is 18.0 Å². The molecule has 0 aliphatic rings. The van der Waals surface area contributed by atoms with Crippen LogP contribution in [0.1, 0.15) is 17.0 Å². The van der Waals surface area contributed by atoms with Crippen molar-refractivity contribution in [3.05, 3.63) is 76.6 Å². The molecule has 5 heteroatoms. The highest BCUT2D eigenvalue weighted by Crippen LogP contribution is 2.19. The Morgan fingerprint density at radius 3 is 2.59 bits per heavy atom. The van der Waals surface area contributed by atoms with Crippen LogP contribution in [-0.4, -0.2) is 20.1 Å². The Morgan fingerprint density at radius 1 is 1.05 bits per heavy atom. The number of aliphatic hydroxyl groups is 1. The van der Waals surface area contributed by atoms with E-state index in [1.807, 2.05) is 54.6 Å². The summed E-state index contributed by atoms with van der Waals surface area (Å²) in [6.45, 7) is -0.172. The van der Waals surface area contributed by atoms with E-state index in [2.05, 4.69) is 10.3 Å². The van der Waals surface area contributed by atoms with Gasteiger partial charge in [-0.15, -0.1) is 5.10 Å². The van der Waals surface area contributed by atoms with Crippen molar-refractivity contribution in [3.63, 3.8) is 0 Å². The van der Waals surface area contributed by atoms with Gasteiger partial charge in [-0.05, 0) is 29.8 Å². The smallest absolute Gasteiger partial charge is 0.116 e. The molecule has 1 N–H and O–H groups in total. The molecule has 1 aromatic heterocycles. The Balaban J connectivity index is 2.03. The van der Waals surface area contributed by atoms with Crippen LogP contribution in [0.25, 0.3) is 17.8 Å². The number of aromatic nitrogens is 3. The fourth-order valence-corrected chi connectivity index (χ4v) is 2.32. The van der Waals surface area contributed by atoms with E-state index < -0.39 is 0 Å². The van der Waals surface area contributed by atoms with Gasteiger partial charge in [-0.3, -0.25) is 0 Å². The monoisotopic (exact) mass is 311 g/mol. The van der Waals surface area contributed by atoms with Crippen molar-refractivity contribution in [2.24, 2.45) is 0 Å². The van der Waals surface area contributed by atoms with E-state index in [1.165, 1.54) is 0 Å². The van der Waals surface area contributed by atoms with Crippen LogP contribution in [0.15, 0.2) is 54.6 Å². The quantitative estimate of drug-likeness (QED) is 0.801. The normalized spacial score (nSPS) is 11.2. The Labute approximate surface area is 133 Å². The first kappa shape index (κ1) is 14.5. The van der Waals surface area contributed by atoms with Gasteiger partial charge in [0.1, 0.15) is 5.69 Å². The topological polar surface area (TPSA) is 50.9 Å². The van der Waals surface area contributed by atoms with E-state index in [0.29, 0.717) is 10.7 Å². The first-order valence-corrected chi connectivity index (χ1v) is 7.20. The van der Waals surface area contributed by atoms with Crippen molar-refractivity contribution >= 4 is 23.8 Å². The molecular weight excluding hydrogens is 298 g/mol. The standard InChI is InChI=1S/C17H14ClN3O/c18-14-7-4-8-15(11-14)21-17(16(12-22)19-20-21)10-9-13-5-2-1-3-6-13/h1-11,22H,12H2/b10-9+. The summed E-state index contributed by atoms with van der Waals surface area (Å²) in [6.07, 6.45) is 3.85. The summed E-state index contributed by atoms with van der Waals surface area (Å²) in [6, 6.07) is 17.3. The van der Waals surface area contributed by atoms with Crippen LogP contribution in [-0.2, 0) is 6.61 Å². The summed E-state index contributed by atoms with van der Waals surface area (Å²) >= 11 is 6.03. The molecular formula is C17H14ClN3O. The van der Waals surface area contributed by atoms with Crippen molar-refractivity contribution in [3.8, 4) is 5.69 Å². The Morgan fingerprint density at radius 2 is 1.86 bits per heavy atom. The number of benzene rings is 2. The van der Waals surface area contributed by atoms with Gasteiger partial charge < -0.3 is 5.11 Å². The molecule has 0 bridgehead atoms. The van der Waals surface area contributed by atoms with Gasteiger partial charge in [0.25, 0.3) is 0 Å². The molecule has 3 rings (SSSR count). The second-order valence-electron chi connectivity index (χ2n) is 4.72. The van der Waals surface area contributed by atoms with Gasteiger partial charge in [-0.25, -0.2) is 4.68 Å². The molecule has 2 aromatic carbocycles. The van der Waals surface area contributed by atoms with E-state index in [1.54, 1.807) is 16.8 Å². The van der Waals surface area contributed by atoms with Crippen LogP contribution in [0.5, 0.6) is 0 Å². The second kappa shape index (κ2) is 6.56. The minimum atomic E-state index is -0.172. The van der Waals surface area contributed by atoms with E-state index >= 15 is 0 Å². The average Bonchev–Trinajstić information content (AvgIpc) is 2.97. The number of aliphatic hydroxyl groups excluding tert-OH is 1. The molecule has 0 spiro atoms. The van der Waals surface area contributed by atoms with Crippen LogP contribution in [0.4, 0.5) is 0 Å². The Kier molecular flexibility index (Phi) is 4.32. The van der Waals surface area contributed by atoms with Crippen molar-refractivity contribution in [1.82, 2.24) is 15.0 Å². The zero-order chi connectivity index (χ0) is 15.4. The third kappa shape index (κ3) is 3.08. The molecule has 0 atom stereocenters. The molecule has 4 nitrogen and oxygen atoms in total. The maximum absolute atomic E-state index is 9.45. The Hall–Kier alpha value is -2.43. The zero-order valence-electron chi connectivity index (χ0n) is 11.7. The maximum Gasteiger partial charge on any atom is 0.116 e. The second-order valence-corrected chi connectivity index (χ2v) is 5.15. The predicted molar refractivity (Wildman–Crippen MR) is 87.7 cm³/mol. The molecule has 0 unspecified atom stereocenters. The van der Waals surface area contributed by atoms with Crippen LogP contribution >= 0.6 is 11.6 Å². The fourth-order valence-electron chi connectivity index (χ4n) is 2.14. The van der Waals surface area contributed by atoms with E-state index in [-0.39, 0.29) is 6.61 Å². The lowest BCUT2D eigenvalue weighted by Gasteiger charge is -2.04. The lowest BCUT2D eigenvalue weighted by atomic mass is 10.2. The molecule has 110 valence electrons. The molecule has 0 saturated carbocycles. The van der Waals surface area contributed by atoms with Crippen molar-refractivity contribution in [2.75, 3.05) is 0 Å². The van der Waals surface area contributed by atoms with Crippen molar-refractivity contribution in [1.29, 1.82) is 0 Å². The molecule has 0 aliphatic heterocycles. The molecule has 3 aromatic rings. The molecule has 0 saturated heterocycles. The number of hydrogen-bond acceptors (Lipinski definition) is 3. The summed E-state index contributed by atoms with van der Waals surface area (Å²) in [5, 5.41) is 18.2. The first-order valence-electron chi connectivity index (χ1n) is 6.82. The summed E-state index contributed by atoms with van der Waals surface area (Å²) in [4.78, 5) is 0. The van der Waals surface area contributed by atoms with Gasteiger partial charge in [0.2, 0.25) is 0 Å². The predicted octanol–water partition coefficient (Wildman–Crippen LogP) is 3.58. The minimum absolute atomic E-state index is 0.172.